The van der Waals surface area contributed by atoms with Crippen LogP contribution in [0, 0.1) is 0 Å². The lowest BCUT2D eigenvalue weighted by molar-refractivity contribution is -0.159. The summed E-state index contributed by atoms with van der Waals surface area (Å²) in [5, 5.41) is 17.3. The fourth-order valence-electron chi connectivity index (χ4n) is 6.80. The van der Waals surface area contributed by atoms with Gasteiger partial charge in [-0.2, -0.15) is 0 Å². The van der Waals surface area contributed by atoms with Gasteiger partial charge in [-0.15, -0.1) is 0 Å². The molecule has 414 valence electrons. The van der Waals surface area contributed by atoms with Gasteiger partial charge in [0, 0.05) is 32.4 Å². The average Bonchev–Trinajstić information content (AvgIpc) is 3.21. The Morgan fingerprint density at radius 2 is 0.914 bits per heavy atom. The highest BCUT2D eigenvalue weighted by Crippen LogP contribution is 2.55. The van der Waals surface area contributed by atoms with Crippen LogP contribution in [-0.4, -0.2) is 102 Å². The van der Waals surface area contributed by atoms with Gasteiger partial charge in [0.05, 0.1) is 17.4 Å². The van der Waals surface area contributed by atoms with Crippen LogP contribution in [0.5, 0.6) is 0 Å². The van der Waals surface area contributed by atoms with Gasteiger partial charge < -0.3 is 51.0 Å². The second kappa shape index (κ2) is 40.4. The molecule has 0 spiro atoms. The third-order valence-electron chi connectivity index (χ3n) is 9.98. The van der Waals surface area contributed by atoms with E-state index < -0.39 is 48.4 Å². The predicted octanol–water partition coefficient (Wildman–Crippen LogP) is 10.2. The number of carbonyl (C=O) groups is 6. The smallest absolute Gasteiger partial charge is 0.331 e. The first-order chi connectivity index (χ1) is 32.5. The van der Waals surface area contributed by atoms with Crippen LogP contribution < -0.4 is 27.4 Å². The number of unbranched alkanes of at least 4 members (excludes halogenated alkanes) is 16. The molecular weight excluding hydrogens is 918 g/mol. The topological polar surface area (TPSA) is 265 Å². The molecular formula is C52H104N5O12P. The van der Waals surface area contributed by atoms with E-state index in [4.69, 9.17) is 24.6 Å². The molecule has 0 saturated carbocycles. The van der Waals surface area contributed by atoms with E-state index in [1.165, 1.54) is 52.0 Å². The first-order valence-corrected chi connectivity index (χ1v) is 27.9. The molecule has 0 rings (SSSR count). The Hall–Kier alpha value is -3.11. The van der Waals surface area contributed by atoms with Crippen molar-refractivity contribution in [2.45, 2.75) is 272 Å². The maximum atomic E-state index is 13.3. The Morgan fingerprint density at radius 1 is 0.529 bits per heavy atom. The summed E-state index contributed by atoms with van der Waals surface area (Å²) in [6, 6.07) is -1.78. The molecule has 2 atom stereocenters. The highest BCUT2D eigenvalue weighted by atomic mass is 31.2. The van der Waals surface area contributed by atoms with Gasteiger partial charge in [0.25, 0.3) is 6.47 Å². The zero-order valence-corrected chi connectivity index (χ0v) is 47.3. The molecule has 18 heteroatoms. The van der Waals surface area contributed by atoms with Crippen LogP contribution in [0.1, 0.15) is 237 Å². The number of aliphatic carboxylic acids is 1. The maximum Gasteiger partial charge on any atom is 0.331 e. The number of hydrogen-bond acceptors (Lipinski definition) is 13. The number of amides is 3. The number of nitrogens with one attached hydrogen (secondary N) is 3. The molecule has 0 aromatic heterocycles. The van der Waals surface area contributed by atoms with Crippen molar-refractivity contribution in [1.29, 1.82) is 0 Å². The third-order valence-corrected chi connectivity index (χ3v) is 12.5. The summed E-state index contributed by atoms with van der Waals surface area (Å²) in [5.74, 6) is -2.06. The van der Waals surface area contributed by atoms with E-state index in [9.17, 15) is 33.3 Å². The van der Waals surface area contributed by atoms with Crippen molar-refractivity contribution in [3.8, 4) is 0 Å². The average molecular weight is 1020 g/mol. The number of carboxylic acids is 1. The molecule has 0 radical (unpaired) electrons. The van der Waals surface area contributed by atoms with E-state index in [1.807, 2.05) is 62.3 Å². The zero-order chi connectivity index (χ0) is 54.3. The Morgan fingerprint density at radius 3 is 1.30 bits per heavy atom. The van der Waals surface area contributed by atoms with Crippen molar-refractivity contribution in [3.05, 3.63) is 0 Å². The maximum absolute atomic E-state index is 13.3. The molecule has 0 fully saturated rings. The van der Waals surface area contributed by atoms with E-state index in [-0.39, 0.29) is 36.2 Å². The SMILES string of the molecule is CC(C)(C)OC(=O)C(CCC(=O)NCCCCCC(=O)NCCCCC(N)C(=O)O)NC(=O)CCCCCCCCCCCCCCCCP(=O)(OC(C)(C)C)OC(C)(C)C.CC(C)(C)OC=O.CN. The molecule has 0 aliphatic carbocycles. The van der Waals surface area contributed by atoms with Crippen molar-refractivity contribution in [2.24, 2.45) is 11.5 Å². The molecule has 0 aromatic rings. The van der Waals surface area contributed by atoms with Crippen LogP contribution in [0.2, 0.25) is 0 Å². The van der Waals surface area contributed by atoms with E-state index in [0.717, 1.165) is 51.4 Å². The third kappa shape index (κ3) is 51.3. The second-order valence-corrected chi connectivity index (χ2v) is 23.9. The van der Waals surface area contributed by atoms with E-state index in [1.54, 1.807) is 20.8 Å². The van der Waals surface area contributed by atoms with Gasteiger partial charge in [-0.3, -0.25) is 28.5 Å². The largest absolute Gasteiger partial charge is 0.480 e. The number of hydrogen-bond donors (Lipinski definition) is 6. The molecule has 8 N–H and O–H groups in total. The Balaban J connectivity index is -0.00000454. The van der Waals surface area contributed by atoms with Gasteiger partial charge in [-0.25, -0.2) is 4.79 Å². The molecule has 3 amide bonds. The first kappa shape index (κ1) is 71.1. The van der Waals surface area contributed by atoms with Crippen molar-refractivity contribution in [3.63, 3.8) is 0 Å². The zero-order valence-electron chi connectivity index (χ0n) is 46.4. The molecule has 0 heterocycles. The number of carboxylic acid groups (broad SMARTS) is 1. The predicted molar refractivity (Wildman–Crippen MR) is 281 cm³/mol. The van der Waals surface area contributed by atoms with E-state index >= 15 is 0 Å². The number of rotatable bonds is 37. The summed E-state index contributed by atoms with van der Waals surface area (Å²) in [7, 11) is -1.64. The monoisotopic (exact) mass is 1020 g/mol. The number of nitrogens with two attached hydrogens (primary N) is 2. The summed E-state index contributed by atoms with van der Waals surface area (Å²) >= 11 is 0. The van der Waals surface area contributed by atoms with Crippen LogP contribution in [0.4, 0.5) is 0 Å². The summed E-state index contributed by atoms with van der Waals surface area (Å²) in [5.41, 5.74) is 7.91. The fraction of sp³-hybridized carbons (Fsp3) is 0.885. The van der Waals surface area contributed by atoms with Gasteiger partial charge in [0.15, 0.2) is 0 Å². The standard InChI is InChI=1S/C46H89N4O10P.C5H10O2.CH5N/c1-44(2,3)58-43(56)38(32-33-40(52)49-34-26-22-24-30-39(51)48-35-27-25-29-37(47)42(54)55)50-41(53)31-23-20-18-16-14-12-10-11-13-15-17-19-21-28-36-61(57,59-45(4,5)6)60-46(7,8)9;1-5(2,3)7-4-6;1-2/h37-38H,10-36,47H2,1-9H3,(H,48,51)(H,49,52)(H,50,53)(H,54,55);4H,1-3H3;2H2,1H3. The summed E-state index contributed by atoms with van der Waals surface area (Å²) < 4.78 is 35.2. The highest BCUT2D eigenvalue weighted by Gasteiger charge is 2.34. The van der Waals surface area contributed by atoms with Gasteiger partial charge in [-0.1, -0.05) is 83.5 Å². The van der Waals surface area contributed by atoms with Crippen LogP contribution in [0.25, 0.3) is 0 Å². The molecule has 0 bridgehead atoms. The van der Waals surface area contributed by atoms with Crippen molar-refractivity contribution < 1.29 is 57.0 Å². The lowest BCUT2D eigenvalue weighted by atomic mass is 10.0. The van der Waals surface area contributed by atoms with Crippen LogP contribution in [-0.2, 0) is 51.9 Å². The molecule has 0 saturated heterocycles. The van der Waals surface area contributed by atoms with Crippen molar-refractivity contribution in [2.75, 3.05) is 26.3 Å². The van der Waals surface area contributed by atoms with E-state index in [2.05, 4.69) is 26.4 Å². The molecule has 2 unspecified atom stereocenters. The molecule has 0 aliphatic rings. The second-order valence-electron chi connectivity index (χ2n) is 21.9. The lowest BCUT2D eigenvalue weighted by Gasteiger charge is -2.32. The first-order valence-electron chi connectivity index (χ1n) is 26.2. The highest BCUT2D eigenvalue weighted by molar-refractivity contribution is 7.53. The normalized spacial score (nSPS) is 12.8. The van der Waals surface area contributed by atoms with Gasteiger partial charge in [0.2, 0.25) is 17.7 Å². The minimum Gasteiger partial charge on any atom is -0.480 e. The van der Waals surface area contributed by atoms with Crippen LogP contribution in [0.3, 0.4) is 0 Å². The molecule has 0 aromatic carbocycles. The van der Waals surface area contributed by atoms with Gasteiger partial charge in [0.1, 0.15) is 23.3 Å². The fourth-order valence-corrected chi connectivity index (χ4v) is 9.30. The minimum absolute atomic E-state index is 0.0587. The van der Waals surface area contributed by atoms with Crippen molar-refractivity contribution in [1.82, 2.24) is 16.0 Å². The molecule has 70 heavy (non-hydrogen) atoms. The summed E-state index contributed by atoms with van der Waals surface area (Å²) in [4.78, 5) is 70.6. The number of esters is 1. The van der Waals surface area contributed by atoms with Crippen LogP contribution >= 0.6 is 7.60 Å². The Kier molecular flexibility index (Phi) is 41.0. The molecule has 17 nitrogen and oxygen atoms in total. The number of carbonyl (C=O) groups excluding carboxylic acids is 5. The lowest BCUT2D eigenvalue weighted by Crippen LogP contribution is -2.44. The van der Waals surface area contributed by atoms with Gasteiger partial charge in [-0.05, 0) is 141 Å². The van der Waals surface area contributed by atoms with Gasteiger partial charge >= 0.3 is 19.5 Å². The Bertz CT molecular complexity index is 1430. The quantitative estimate of drug-likeness (QED) is 0.0146. The Labute approximate surface area is 424 Å². The number of ether oxygens (including phenoxy) is 2. The van der Waals surface area contributed by atoms with Crippen LogP contribution in [0.15, 0.2) is 0 Å². The summed E-state index contributed by atoms with van der Waals surface area (Å²) in [6.07, 6.45) is 20.6. The molecule has 0 aliphatic heterocycles. The van der Waals surface area contributed by atoms with Crippen molar-refractivity contribution >= 4 is 43.7 Å². The minimum atomic E-state index is -3.14. The van der Waals surface area contributed by atoms with E-state index in [0.29, 0.717) is 70.7 Å². The summed E-state index contributed by atoms with van der Waals surface area (Å²) in [6.45, 7) is 23.6.